The number of nitrogens with one attached hydrogen (secondary N) is 2. The van der Waals surface area contributed by atoms with E-state index in [9.17, 15) is 15.0 Å². The van der Waals surface area contributed by atoms with E-state index in [1.54, 1.807) is 12.1 Å². The molecule has 0 spiro atoms. The Labute approximate surface area is 157 Å². The number of benzene rings is 1. The number of aromatic hydroxyl groups is 1. The first kappa shape index (κ1) is 22.4. The van der Waals surface area contributed by atoms with Crippen molar-refractivity contribution in [3.8, 4) is 5.75 Å². The SMILES string of the molecule is NCCCCCCCCCCCNC[C@H](O)c1ccc(O)c(NC=O)c1. The second-order valence-electron chi connectivity index (χ2n) is 6.73. The number of carbonyl (C=O) groups is 1. The number of anilines is 1. The molecule has 1 aromatic rings. The van der Waals surface area contributed by atoms with Crippen molar-refractivity contribution in [2.24, 2.45) is 5.73 Å². The van der Waals surface area contributed by atoms with E-state index in [2.05, 4.69) is 10.6 Å². The molecular weight excluding hydrogens is 330 g/mol. The van der Waals surface area contributed by atoms with Gasteiger partial charge in [0.15, 0.2) is 0 Å². The highest BCUT2D eigenvalue weighted by atomic mass is 16.3. The van der Waals surface area contributed by atoms with Gasteiger partial charge in [-0.15, -0.1) is 0 Å². The van der Waals surface area contributed by atoms with Crippen molar-refractivity contribution >= 4 is 12.1 Å². The molecule has 0 unspecified atom stereocenters. The summed E-state index contributed by atoms with van der Waals surface area (Å²) in [5.41, 5.74) is 6.44. The Morgan fingerprint density at radius 3 is 2.23 bits per heavy atom. The molecule has 0 fully saturated rings. The summed E-state index contributed by atoms with van der Waals surface area (Å²) in [5, 5.41) is 25.5. The molecule has 1 atom stereocenters. The number of hydrogen-bond donors (Lipinski definition) is 5. The molecule has 0 aliphatic carbocycles. The molecular formula is C20H35N3O3. The maximum absolute atomic E-state index is 10.5. The Balaban J connectivity index is 2.05. The molecule has 0 heterocycles. The molecule has 6 N–H and O–H groups in total. The number of nitrogens with two attached hydrogens (primary N) is 1. The molecule has 0 bridgehead atoms. The summed E-state index contributed by atoms with van der Waals surface area (Å²) in [5.74, 6) is -0.0135. The summed E-state index contributed by atoms with van der Waals surface area (Å²) in [4.78, 5) is 10.5. The predicted octanol–water partition coefficient (Wildman–Crippen LogP) is 3.05. The zero-order valence-corrected chi connectivity index (χ0v) is 15.8. The lowest BCUT2D eigenvalue weighted by molar-refractivity contribution is -0.105. The van der Waals surface area contributed by atoms with Gasteiger partial charge in [0.25, 0.3) is 0 Å². The lowest BCUT2D eigenvalue weighted by atomic mass is 10.1. The van der Waals surface area contributed by atoms with Crippen LogP contribution in [0.25, 0.3) is 0 Å². The molecule has 0 aliphatic heterocycles. The van der Waals surface area contributed by atoms with Gasteiger partial charge in [0.2, 0.25) is 6.41 Å². The average molecular weight is 366 g/mol. The van der Waals surface area contributed by atoms with Crippen LogP contribution in [0.2, 0.25) is 0 Å². The fourth-order valence-electron chi connectivity index (χ4n) is 2.93. The van der Waals surface area contributed by atoms with Gasteiger partial charge in [-0.1, -0.05) is 51.0 Å². The van der Waals surface area contributed by atoms with Gasteiger partial charge in [0, 0.05) is 6.54 Å². The zero-order chi connectivity index (χ0) is 19.0. The Bertz CT molecular complexity index is 497. The summed E-state index contributed by atoms with van der Waals surface area (Å²) >= 11 is 0. The monoisotopic (exact) mass is 365 g/mol. The fourth-order valence-corrected chi connectivity index (χ4v) is 2.93. The Morgan fingerprint density at radius 2 is 1.62 bits per heavy atom. The summed E-state index contributed by atoms with van der Waals surface area (Å²) in [6.07, 6.45) is 11.1. The Morgan fingerprint density at radius 1 is 1.00 bits per heavy atom. The zero-order valence-electron chi connectivity index (χ0n) is 15.8. The molecule has 0 aliphatic rings. The molecule has 6 heteroatoms. The summed E-state index contributed by atoms with van der Waals surface area (Å²) in [6.45, 7) is 2.14. The third-order valence-corrected chi connectivity index (χ3v) is 4.52. The standard InChI is InChI=1S/C20H35N3O3/c21-12-8-6-4-2-1-3-5-7-9-13-22-15-20(26)17-10-11-19(25)18(14-17)23-16-24/h10-11,14,16,20,22,25-26H,1-9,12-13,15,21H2,(H,23,24)/t20-/m0/s1. The van der Waals surface area contributed by atoms with E-state index < -0.39 is 6.10 Å². The summed E-state index contributed by atoms with van der Waals surface area (Å²) < 4.78 is 0. The summed E-state index contributed by atoms with van der Waals surface area (Å²) in [7, 11) is 0. The van der Waals surface area contributed by atoms with Crippen molar-refractivity contribution in [3.63, 3.8) is 0 Å². The number of amides is 1. The van der Waals surface area contributed by atoms with E-state index in [4.69, 9.17) is 5.73 Å². The van der Waals surface area contributed by atoms with Gasteiger partial charge in [-0.2, -0.15) is 0 Å². The first-order valence-corrected chi connectivity index (χ1v) is 9.81. The van der Waals surface area contributed by atoms with Crippen LogP contribution in [0.3, 0.4) is 0 Å². The van der Waals surface area contributed by atoms with Gasteiger partial charge < -0.3 is 26.6 Å². The van der Waals surface area contributed by atoms with Gasteiger partial charge >= 0.3 is 0 Å². The van der Waals surface area contributed by atoms with Crippen molar-refractivity contribution in [3.05, 3.63) is 23.8 Å². The lowest BCUT2D eigenvalue weighted by Gasteiger charge is -2.14. The molecule has 148 valence electrons. The van der Waals surface area contributed by atoms with E-state index in [-0.39, 0.29) is 5.75 Å². The molecule has 0 saturated heterocycles. The molecule has 0 radical (unpaired) electrons. The molecule has 1 rings (SSSR count). The minimum atomic E-state index is -0.670. The Hall–Kier alpha value is -1.63. The van der Waals surface area contributed by atoms with Crippen LogP contribution in [-0.4, -0.2) is 36.3 Å². The average Bonchev–Trinajstić information content (AvgIpc) is 2.64. The first-order valence-electron chi connectivity index (χ1n) is 9.81. The number of carbonyl (C=O) groups excluding carboxylic acids is 1. The number of phenolic OH excluding ortho intramolecular Hbond substituents is 1. The predicted molar refractivity (Wildman–Crippen MR) is 106 cm³/mol. The molecule has 6 nitrogen and oxygen atoms in total. The maximum Gasteiger partial charge on any atom is 0.211 e. The normalized spacial score (nSPS) is 12.1. The molecule has 1 amide bonds. The number of aliphatic hydroxyl groups excluding tert-OH is 1. The molecule has 0 saturated carbocycles. The van der Waals surface area contributed by atoms with Crippen LogP contribution < -0.4 is 16.4 Å². The van der Waals surface area contributed by atoms with Gasteiger partial charge in [-0.3, -0.25) is 4.79 Å². The second-order valence-corrected chi connectivity index (χ2v) is 6.73. The summed E-state index contributed by atoms with van der Waals surface area (Å²) in [6, 6.07) is 4.72. The van der Waals surface area contributed by atoms with Crippen LogP contribution in [-0.2, 0) is 4.79 Å². The highest BCUT2D eigenvalue weighted by molar-refractivity contribution is 5.75. The van der Waals surface area contributed by atoms with E-state index in [0.717, 1.165) is 25.9 Å². The molecule has 1 aromatic carbocycles. The topological polar surface area (TPSA) is 108 Å². The van der Waals surface area contributed by atoms with Gasteiger partial charge in [0.05, 0.1) is 11.8 Å². The van der Waals surface area contributed by atoms with E-state index in [1.807, 2.05) is 0 Å². The van der Waals surface area contributed by atoms with Crippen molar-refractivity contribution in [1.82, 2.24) is 5.32 Å². The van der Waals surface area contributed by atoms with Crippen LogP contribution in [0.15, 0.2) is 18.2 Å². The number of aliphatic hydroxyl groups is 1. The van der Waals surface area contributed by atoms with Crippen molar-refractivity contribution in [1.29, 1.82) is 0 Å². The number of rotatable bonds is 16. The van der Waals surface area contributed by atoms with Crippen LogP contribution in [0.1, 0.15) is 69.5 Å². The van der Waals surface area contributed by atoms with Crippen LogP contribution in [0.4, 0.5) is 5.69 Å². The third-order valence-electron chi connectivity index (χ3n) is 4.52. The first-order chi connectivity index (χ1) is 12.7. The van der Waals surface area contributed by atoms with Crippen molar-refractivity contribution in [2.75, 3.05) is 25.0 Å². The van der Waals surface area contributed by atoms with Gasteiger partial charge in [0.1, 0.15) is 5.75 Å². The minimum absolute atomic E-state index is 0.0135. The highest BCUT2D eigenvalue weighted by Gasteiger charge is 2.10. The third kappa shape index (κ3) is 9.75. The highest BCUT2D eigenvalue weighted by Crippen LogP contribution is 2.26. The minimum Gasteiger partial charge on any atom is -0.506 e. The van der Waals surface area contributed by atoms with Gasteiger partial charge in [-0.25, -0.2) is 0 Å². The number of phenols is 1. The fraction of sp³-hybridized carbons (Fsp3) is 0.650. The second kappa shape index (κ2) is 14.5. The smallest absolute Gasteiger partial charge is 0.211 e. The molecule has 26 heavy (non-hydrogen) atoms. The van der Waals surface area contributed by atoms with E-state index in [0.29, 0.717) is 24.2 Å². The van der Waals surface area contributed by atoms with Crippen molar-refractivity contribution < 1.29 is 15.0 Å². The van der Waals surface area contributed by atoms with Crippen LogP contribution in [0.5, 0.6) is 5.75 Å². The maximum atomic E-state index is 10.5. The lowest BCUT2D eigenvalue weighted by Crippen LogP contribution is -2.22. The van der Waals surface area contributed by atoms with Crippen LogP contribution >= 0.6 is 0 Å². The van der Waals surface area contributed by atoms with Crippen molar-refractivity contribution in [2.45, 2.75) is 63.9 Å². The molecule has 0 aromatic heterocycles. The van der Waals surface area contributed by atoms with Crippen LogP contribution in [0, 0.1) is 0 Å². The van der Waals surface area contributed by atoms with Gasteiger partial charge in [-0.05, 0) is 43.6 Å². The number of hydrogen-bond acceptors (Lipinski definition) is 5. The van der Waals surface area contributed by atoms with E-state index >= 15 is 0 Å². The Kier molecular flexibility index (Phi) is 12.5. The van der Waals surface area contributed by atoms with E-state index in [1.165, 1.54) is 51.0 Å². The quantitative estimate of drug-likeness (QED) is 0.176. The largest absolute Gasteiger partial charge is 0.506 e. The number of unbranched alkanes of at least 4 members (excludes halogenated alkanes) is 8.